The Morgan fingerprint density at radius 2 is 2.15 bits per heavy atom. The molecule has 0 amide bonds. The van der Waals surface area contributed by atoms with E-state index >= 15 is 0 Å². The van der Waals surface area contributed by atoms with Crippen molar-refractivity contribution >= 4 is 6.21 Å². The van der Waals surface area contributed by atoms with Crippen molar-refractivity contribution in [2.45, 2.75) is 26.4 Å². The monoisotopic (exact) mass is 176 g/mol. The summed E-state index contributed by atoms with van der Waals surface area (Å²) in [4.78, 5) is 5.18. The van der Waals surface area contributed by atoms with E-state index in [0.717, 1.165) is 5.56 Å². The lowest BCUT2D eigenvalue weighted by atomic mass is 10.2. The normalized spacial score (nSPS) is 11.9. The van der Waals surface area contributed by atoms with Crippen molar-refractivity contribution in [3.8, 4) is 0 Å². The highest BCUT2D eigenvalue weighted by Crippen LogP contribution is 2.06. The van der Waals surface area contributed by atoms with Crippen LogP contribution in [0.15, 0.2) is 29.4 Å². The van der Waals surface area contributed by atoms with Crippen molar-refractivity contribution in [1.82, 2.24) is 0 Å². The molecule has 1 rings (SSSR count). The highest BCUT2D eigenvalue weighted by Gasteiger charge is 2.08. The molecule has 0 aliphatic heterocycles. The molecule has 0 aliphatic carbocycles. The fourth-order valence-electron chi connectivity index (χ4n) is 0.729. The minimum absolute atomic E-state index is 0.231. The Hall–Kier alpha value is -1.31. The summed E-state index contributed by atoms with van der Waals surface area (Å²) < 4.78 is 0. The molecule has 0 atom stereocenters. The van der Waals surface area contributed by atoms with Crippen LogP contribution in [-0.4, -0.2) is 11.8 Å². The largest absolute Gasteiger partial charge is 0.390 e. The lowest BCUT2D eigenvalue weighted by Crippen LogP contribution is -2.15. The summed E-state index contributed by atoms with van der Waals surface area (Å²) in [5, 5.41) is 3.86. The fraction of sp³-hybridized carbons (Fsp3) is 0.364. The van der Waals surface area contributed by atoms with Gasteiger partial charge in [0.25, 0.3) is 0 Å². The van der Waals surface area contributed by atoms with Gasteiger partial charge in [-0.25, -0.2) is 0 Å². The van der Waals surface area contributed by atoms with E-state index in [1.165, 1.54) is 0 Å². The second-order valence-electron chi connectivity index (χ2n) is 3.76. The molecular weight excluding hydrogens is 162 g/mol. The van der Waals surface area contributed by atoms with Crippen LogP contribution in [0.2, 0.25) is 0 Å². The Bertz CT molecular complexity index is 272. The molecule has 2 nitrogen and oxygen atoms in total. The SMILES string of the molecule is CC(C)(C)ON=Cc1[c]cccc1. The van der Waals surface area contributed by atoms with E-state index in [2.05, 4.69) is 11.2 Å². The van der Waals surface area contributed by atoms with Gasteiger partial charge in [-0.1, -0.05) is 29.4 Å². The first kappa shape index (κ1) is 9.78. The molecule has 0 bridgehead atoms. The number of rotatable bonds is 2. The molecular formula is C11H14NO. The van der Waals surface area contributed by atoms with E-state index in [-0.39, 0.29) is 5.60 Å². The summed E-state index contributed by atoms with van der Waals surface area (Å²) in [6.07, 6.45) is 1.66. The number of hydrogen-bond acceptors (Lipinski definition) is 2. The predicted octanol–water partition coefficient (Wildman–Crippen LogP) is 2.64. The van der Waals surface area contributed by atoms with Gasteiger partial charge in [0.05, 0.1) is 6.21 Å². The first-order valence-electron chi connectivity index (χ1n) is 4.26. The zero-order chi connectivity index (χ0) is 9.73. The van der Waals surface area contributed by atoms with Crippen molar-refractivity contribution in [3.05, 3.63) is 35.9 Å². The Balaban J connectivity index is 2.51. The highest BCUT2D eigenvalue weighted by molar-refractivity contribution is 5.78. The van der Waals surface area contributed by atoms with Crippen molar-refractivity contribution in [3.63, 3.8) is 0 Å². The zero-order valence-corrected chi connectivity index (χ0v) is 8.24. The van der Waals surface area contributed by atoms with Crippen LogP contribution in [0.4, 0.5) is 0 Å². The maximum absolute atomic E-state index is 5.18. The quantitative estimate of drug-likeness (QED) is 0.501. The molecule has 0 aromatic heterocycles. The molecule has 0 aliphatic rings. The molecule has 1 aromatic carbocycles. The Morgan fingerprint density at radius 3 is 2.69 bits per heavy atom. The van der Waals surface area contributed by atoms with Crippen LogP contribution in [0.1, 0.15) is 26.3 Å². The van der Waals surface area contributed by atoms with Gasteiger partial charge in [0.2, 0.25) is 0 Å². The first-order valence-corrected chi connectivity index (χ1v) is 4.26. The second kappa shape index (κ2) is 4.08. The topological polar surface area (TPSA) is 21.6 Å². The fourth-order valence-corrected chi connectivity index (χ4v) is 0.729. The summed E-state index contributed by atoms with van der Waals surface area (Å²) in [6, 6.07) is 10.7. The molecule has 0 unspecified atom stereocenters. The molecule has 0 N–H and O–H groups in total. The maximum Gasteiger partial charge on any atom is 0.129 e. The Labute approximate surface area is 79.2 Å². The molecule has 69 valence electrons. The molecule has 0 fully saturated rings. The predicted molar refractivity (Wildman–Crippen MR) is 53.7 cm³/mol. The third kappa shape index (κ3) is 4.31. The van der Waals surface area contributed by atoms with E-state index in [9.17, 15) is 0 Å². The van der Waals surface area contributed by atoms with Gasteiger partial charge >= 0.3 is 0 Å². The van der Waals surface area contributed by atoms with Crippen molar-refractivity contribution < 1.29 is 4.84 Å². The third-order valence-corrected chi connectivity index (χ3v) is 1.25. The van der Waals surface area contributed by atoms with Crippen molar-refractivity contribution in [2.75, 3.05) is 0 Å². The summed E-state index contributed by atoms with van der Waals surface area (Å²) in [5.74, 6) is 0. The van der Waals surface area contributed by atoms with Gasteiger partial charge < -0.3 is 4.84 Å². The van der Waals surface area contributed by atoms with Crippen LogP contribution in [0.25, 0.3) is 0 Å². The van der Waals surface area contributed by atoms with E-state index in [0.29, 0.717) is 0 Å². The summed E-state index contributed by atoms with van der Waals surface area (Å²) >= 11 is 0. The van der Waals surface area contributed by atoms with E-state index in [1.807, 2.05) is 45.0 Å². The molecule has 1 aromatic rings. The van der Waals surface area contributed by atoms with E-state index < -0.39 is 0 Å². The zero-order valence-electron chi connectivity index (χ0n) is 8.24. The third-order valence-electron chi connectivity index (χ3n) is 1.25. The summed E-state index contributed by atoms with van der Waals surface area (Å²) in [7, 11) is 0. The molecule has 0 spiro atoms. The lowest BCUT2D eigenvalue weighted by molar-refractivity contribution is 0.00199. The number of nitrogens with zero attached hydrogens (tertiary/aromatic N) is 1. The minimum atomic E-state index is -0.231. The number of hydrogen-bond donors (Lipinski definition) is 0. The minimum Gasteiger partial charge on any atom is -0.390 e. The van der Waals surface area contributed by atoms with Gasteiger partial charge in [-0.15, -0.1) is 0 Å². The van der Waals surface area contributed by atoms with Crippen LogP contribution >= 0.6 is 0 Å². The highest BCUT2D eigenvalue weighted by atomic mass is 16.6. The standard InChI is InChI=1S/C11H14NO/c1-11(2,3)13-12-9-10-7-5-4-6-8-10/h4-7,9H,1-3H3. The number of benzene rings is 1. The first-order chi connectivity index (χ1) is 6.08. The molecule has 0 saturated heterocycles. The van der Waals surface area contributed by atoms with Gasteiger partial charge in [0.15, 0.2) is 0 Å². The Kier molecular flexibility index (Phi) is 3.07. The van der Waals surface area contributed by atoms with Gasteiger partial charge in [-0.2, -0.15) is 0 Å². The average molecular weight is 176 g/mol. The smallest absolute Gasteiger partial charge is 0.129 e. The van der Waals surface area contributed by atoms with Crippen molar-refractivity contribution in [2.24, 2.45) is 5.16 Å². The van der Waals surface area contributed by atoms with Crippen LogP contribution in [0.5, 0.6) is 0 Å². The van der Waals surface area contributed by atoms with Crippen LogP contribution in [0, 0.1) is 6.07 Å². The average Bonchev–Trinajstić information content (AvgIpc) is 2.04. The van der Waals surface area contributed by atoms with Crippen molar-refractivity contribution in [1.29, 1.82) is 0 Å². The molecule has 13 heavy (non-hydrogen) atoms. The molecule has 2 heteroatoms. The Morgan fingerprint density at radius 1 is 1.38 bits per heavy atom. The molecule has 0 heterocycles. The van der Waals surface area contributed by atoms with Gasteiger partial charge in [-0.3, -0.25) is 0 Å². The van der Waals surface area contributed by atoms with Gasteiger partial charge in [0, 0.05) is 5.56 Å². The summed E-state index contributed by atoms with van der Waals surface area (Å²) in [6.45, 7) is 5.87. The maximum atomic E-state index is 5.18. The second-order valence-corrected chi connectivity index (χ2v) is 3.76. The molecule has 1 radical (unpaired) electrons. The number of oxime groups is 1. The van der Waals surface area contributed by atoms with Gasteiger partial charge in [-0.05, 0) is 26.8 Å². The van der Waals surface area contributed by atoms with Crippen LogP contribution in [-0.2, 0) is 4.84 Å². The summed E-state index contributed by atoms with van der Waals surface area (Å²) in [5.41, 5.74) is 0.692. The lowest BCUT2D eigenvalue weighted by Gasteiger charge is -2.14. The van der Waals surface area contributed by atoms with Crippen LogP contribution < -0.4 is 0 Å². The van der Waals surface area contributed by atoms with Gasteiger partial charge in [0.1, 0.15) is 5.60 Å². The van der Waals surface area contributed by atoms with Crippen LogP contribution in [0.3, 0.4) is 0 Å². The molecule has 0 saturated carbocycles. The van der Waals surface area contributed by atoms with E-state index in [4.69, 9.17) is 4.84 Å². The van der Waals surface area contributed by atoms with E-state index in [1.54, 1.807) is 6.21 Å².